The molecule has 0 radical (unpaired) electrons. The number of hydrogen-bond donors (Lipinski definition) is 0. The smallest absolute Gasteiger partial charge is 0.417 e. The number of piperazine rings is 1. The molecule has 0 aliphatic carbocycles. The highest BCUT2D eigenvalue weighted by molar-refractivity contribution is 7.89. The van der Waals surface area contributed by atoms with Crippen molar-refractivity contribution in [1.82, 2.24) is 9.29 Å². The number of ether oxygens (including phenoxy) is 3. The van der Waals surface area contributed by atoms with E-state index >= 15 is 0 Å². The van der Waals surface area contributed by atoms with Crippen molar-refractivity contribution in [3.8, 4) is 17.2 Å². The zero-order chi connectivity index (χ0) is 26.8. The largest absolute Gasteiger partial charge is 0.493 e. The number of benzene rings is 2. The average molecular weight is 558 g/mol. The average Bonchev–Trinajstić information content (AvgIpc) is 3.36. The zero-order valence-corrected chi connectivity index (χ0v) is 22.0. The number of halogens is 3. The summed E-state index contributed by atoms with van der Waals surface area (Å²) in [5.41, 5.74) is 0.558. The molecule has 2 aromatic carbocycles. The Morgan fingerprint density at radius 2 is 1.59 bits per heavy atom. The molecule has 1 aliphatic heterocycles. The van der Waals surface area contributed by atoms with Gasteiger partial charge in [-0.3, -0.25) is 0 Å². The van der Waals surface area contributed by atoms with Crippen LogP contribution >= 0.6 is 11.3 Å². The third-order valence-electron chi connectivity index (χ3n) is 5.97. The molecule has 0 atom stereocenters. The molecular weight excluding hydrogens is 531 g/mol. The molecule has 3 aromatic rings. The molecule has 1 aliphatic rings. The van der Waals surface area contributed by atoms with Gasteiger partial charge < -0.3 is 19.1 Å². The van der Waals surface area contributed by atoms with E-state index in [1.807, 2.05) is 22.4 Å². The first kappa shape index (κ1) is 27.0. The van der Waals surface area contributed by atoms with Gasteiger partial charge in [-0.2, -0.15) is 17.5 Å². The van der Waals surface area contributed by atoms with E-state index in [-0.39, 0.29) is 13.1 Å². The van der Waals surface area contributed by atoms with Crippen molar-refractivity contribution in [2.75, 3.05) is 52.4 Å². The Kier molecular flexibility index (Phi) is 7.85. The monoisotopic (exact) mass is 557 g/mol. The maximum atomic E-state index is 13.4. The highest BCUT2D eigenvalue weighted by Gasteiger charge is 2.39. The van der Waals surface area contributed by atoms with Gasteiger partial charge in [0.1, 0.15) is 0 Å². The van der Waals surface area contributed by atoms with Crippen LogP contribution in [-0.4, -0.2) is 65.2 Å². The Balaban J connectivity index is 1.45. The van der Waals surface area contributed by atoms with E-state index in [9.17, 15) is 21.6 Å². The topological polar surface area (TPSA) is 81.2 Å². The van der Waals surface area contributed by atoms with Crippen LogP contribution in [0.1, 0.15) is 16.8 Å². The molecule has 200 valence electrons. The summed E-state index contributed by atoms with van der Waals surface area (Å²) in [4.78, 5) is 5.90. The Labute approximate surface area is 217 Å². The SMILES string of the molecule is COc1cc(Cc2csc(N3CCN(S(=O)(=O)c4ccccc4C(F)(F)F)CC3)n2)cc(OC)c1OC. The predicted octanol–water partition coefficient (Wildman–Crippen LogP) is 4.29. The van der Waals surface area contributed by atoms with Gasteiger partial charge in [0.2, 0.25) is 15.8 Å². The number of methoxy groups -OCH3 is 3. The summed E-state index contributed by atoms with van der Waals surface area (Å²) in [7, 11) is 0.325. The molecule has 0 N–H and O–H groups in total. The first-order valence-electron chi connectivity index (χ1n) is 11.2. The summed E-state index contributed by atoms with van der Waals surface area (Å²) in [6.07, 6.45) is -4.25. The van der Waals surface area contributed by atoms with Crippen molar-refractivity contribution in [3.05, 3.63) is 58.6 Å². The summed E-state index contributed by atoms with van der Waals surface area (Å²) in [6, 6.07) is 7.96. The molecule has 8 nitrogen and oxygen atoms in total. The normalized spacial score (nSPS) is 15.0. The van der Waals surface area contributed by atoms with E-state index in [1.165, 1.54) is 30.6 Å². The van der Waals surface area contributed by atoms with Crippen molar-refractivity contribution in [2.45, 2.75) is 17.5 Å². The van der Waals surface area contributed by atoms with E-state index in [4.69, 9.17) is 14.2 Å². The Morgan fingerprint density at radius 3 is 2.16 bits per heavy atom. The number of thiazole rings is 1. The van der Waals surface area contributed by atoms with Crippen molar-refractivity contribution >= 4 is 26.5 Å². The quantitative estimate of drug-likeness (QED) is 0.409. The molecule has 0 saturated carbocycles. The van der Waals surface area contributed by atoms with Crippen LogP contribution < -0.4 is 19.1 Å². The first-order valence-corrected chi connectivity index (χ1v) is 13.5. The minimum atomic E-state index is -4.76. The molecule has 4 rings (SSSR count). The summed E-state index contributed by atoms with van der Waals surface area (Å²) in [6.45, 7) is 0.724. The maximum absolute atomic E-state index is 13.4. The van der Waals surface area contributed by atoms with E-state index in [0.717, 1.165) is 32.8 Å². The lowest BCUT2D eigenvalue weighted by molar-refractivity contribution is -0.139. The molecule has 0 unspecified atom stereocenters. The third kappa shape index (κ3) is 5.63. The van der Waals surface area contributed by atoms with Crippen LogP contribution in [0.4, 0.5) is 18.3 Å². The van der Waals surface area contributed by atoms with E-state index in [2.05, 4.69) is 4.98 Å². The number of sulfonamides is 1. The fourth-order valence-corrected chi connectivity index (χ4v) is 6.67. The van der Waals surface area contributed by atoms with Crippen LogP contribution in [0, 0.1) is 0 Å². The standard InChI is InChI=1S/C24H26F3N3O5S2/c1-33-19-13-16(14-20(34-2)22(19)35-3)12-17-15-36-23(28-17)29-8-10-30(11-9-29)37(31,32)21-7-5-4-6-18(21)24(25,26)27/h4-7,13-15H,8-12H2,1-3H3. The second kappa shape index (κ2) is 10.8. The van der Waals surface area contributed by atoms with Crippen LogP contribution in [0.3, 0.4) is 0 Å². The van der Waals surface area contributed by atoms with E-state index in [1.54, 1.807) is 14.2 Å². The second-order valence-corrected chi connectivity index (χ2v) is 11.0. The highest BCUT2D eigenvalue weighted by atomic mass is 32.2. The zero-order valence-electron chi connectivity index (χ0n) is 20.4. The molecule has 0 amide bonds. The van der Waals surface area contributed by atoms with Crippen molar-refractivity contribution in [2.24, 2.45) is 0 Å². The number of alkyl halides is 3. The predicted molar refractivity (Wildman–Crippen MR) is 133 cm³/mol. The van der Waals surface area contributed by atoms with Gasteiger partial charge in [-0.25, -0.2) is 13.4 Å². The lowest BCUT2D eigenvalue weighted by atomic mass is 10.1. The summed E-state index contributed by atoms with van der Waals surface area (Å²) in [5.74, 6) is 1.58. The van der Waals surface area contributed by atoms with E-state index < -0.39 is 26.7 Å². The number of aromatic nitrogens is 1. The highest BCUT2D eigenvalue weighted by Crippen LogP contribution is 2.39. The minimum Gasteiger partial charge on any atom is -0.493 e. The fourth-order valence-electron chi connectivity index (χ4n) is 4.15. The molecule has 1 fully saturated rings. The number of hydrogen-bond acceptors (Lipinski definition) is 8. The Morgan fingerprint density at radius 1 is 0.973 bits per heavy atom. The van der Waals surface area contributed by atoms with Crippen molar-refractivity contribution in [3.63, 3.8) is 0 Å². The van der Waals surface area contributed by atoms with Crippen LogP contribution in [0.25, 0.3) is 0 Å². The lowest BCUT2D eigenvalue weighted by Crippen LogP contribution is -2.49. The Bertz CT molecular complexity index is 1330. The van der Waals surface area contributed by atoms with Gasteiger partial charge in [0, 0.05) is 38.0 Å². The van der Waals surface area contributed by atoms with Gasteiger partial charge in [0.05, 0.1) is 37.5 Å². The molecule has 0 bridgehead atoms. The number of rotatable bonds is 8. The molecule has 0 spiro atoms. The fraction of sp³-hybridized carbons (Fsp3) is 0.375. The summed E-state index contributed by atoms with van der Waals surface area (Å²) >= 11 is 1.42. The first-order chi connectivity index (χ1) is 17.6. The van der Waals surface area contributed by atoms with Gasteiger partial charge in [-0.1, -0.05) is 12.1 Å². The maximum Gasteiger partial charge on any atom is 0.417 e. The lowest BCUT2D eigenvalue weighted by Gasteiger charge is -2.34. The van der Waals surface area contributed by atoms with Crippen LogP contribution in [-0.2, 0) is 22.6 Å². The molecule has 37 heavy (non-hydrogen) atoms. The molecule has 1 aromatic heterocycles. The van der Waals surface area contributed by atoms with Crippen LogP contribution in [0.2, 0.25) is 0 Å². The summed E-state index contributed by atoms with van der Waals surface area (Å²) in [5, 5.41) is 2.64. The number of anilines is 1. The van der Waals surface area contributed by atoms with Gasteiger partial charge in [-0.15, -0.1) is 11.3 Å². The minimum absolute atomic E-state index is 0.0519. The van der Waals surface area contributed by atoms with Crippen LogP contribution in [0.15, 0.2) is 46.7 Å². The van der Waals surface area contributed by atoms with Crippen LogP contribution in [0.5, 0.6) is 17.2 Å². The van der Waals surface area contributed by atoms with Gasteiger partial charge in [0.15, 0.2) is 16.6 Å². The molecular formula is C24H26F3N3O5S2. The van der Waals surface area contributed by atoms with Crippen molar-refractivity contribution < 1.29 is 35.8 Å². The third-order valence-corrected chi connectivity index (χ3v) is 8.88. The summed E-state index contributed by atoms with van der Waals surface area (Å²) < 4.78 is 83.5. The number of nitrogens with zero attached hydrogens (tertiary/aromatic N) is 3. The van der Waals surface area contributed by atoms with Gasteiger partial charge >= 0.3 is 6.18 Å². The second-order valence-electron chi connectivity index (χ2n) is 8.22. The van der Waals surface area contributed by atoms with Gasteiger partial charge in [0.25, 0.3) is 0 Å². The molecule has 13 heteroatoms. The molecule has 1 saturated heterocycles. The van der Waals surface area contributed by atoms with E-state index in [0.29, 0.717) is 36.8 Å². The van der Waals surface area contributed by atoms with Gasteiger partial charge in [-0.05, 0) is 29.8 Å². The molecule has 2 heterocycles. The Hall–Kier alpha value is -3.03. The van der Waals surface area contributed by atoms with Crippen molar-refractivity contribution in [1.29, 1.82) is 0 Å².